The summed E-state index contributed by atoms with van der Waals surface area (Å²) in [7, 11) is -1.71. The van der Waals surface area contributed by atoms with E-state index in [1.165, 1.54) is 0 Å². The number of hydrogen-bond donors (Lipinski definition) is 0. The second-order valence-electron chi connectivity index (χ2n) is 4.51. The van der Waals surface area contributed by atoms with E-state index in [0.29, 0.717) is 16.0 Å². The summed E-state index contributed by atoms with van der Waals surface area (Å²) in [6, 6.07) is 7.09. The largest absolute Gasteiger partial charge is 0.600 e. The summed E-state index contributed by atoms with van der Waals surface area (Å²) in [5.74, 6) is 0. The fourth-order valence-corrected chi connectivity index (χ4v) is 4.20. The summed E-state index contributed by atoms with van der Waals surface area (Å²) in [4.78, 5) is 0.546. The lowest BCUT2D eigenvalue weighted by Gasteiger charge is -2.00. The number of benzene rings is 1. The number of aryl methyl sites for hydroxylation is 2. The van der Waals surface area contributed by atoms with Crippen LogP contribution in [0.1, 0.15) is 30.2 Å². The van der Waals surface area contributed by atoms with Gasteiger partial charge in [0.1, 0.15) is 0 Å². The van der Waals surface area contributed by atoms with E-state index in [-0.39, 0.29) is 12.4 Å². The van der Waals surface area contributed by atoms with Crippen LogP contribution in [-0.4, -0.2) is 0 Å². The molecule has 5 heteroatoms. The van der Waals surface area contributed by atoms with Gasteiger partial charge in [-0.2, -0.15) is 0 Å². The van der Waals surface area contributed by atoms with Crippen molar-refractivity contribution in [3.63, 3.8) is 0 Å². The molecule has 0 fully saturated rings. The maximum absolute atomic E-state index is 13.2. The molecule has 0 N–H and O–H groups in total. The van der Waals surface area contributed by atoms with Gasteiger partial charge in [0.2, 0.25) is 0 Å². The first kappa shape index (κ1) is 16.3. The highest BCUT2D eigenvalue weighted by molar-refractivity contribution is 7.38. The minimum atomic E-state index is -4.15. The van der Waals surface area contributed by atoms with Gasteiger partial charge in [-0.3, -0.25) is 0 Å². The Bertz CT molecular complexity index is 558. The summed E-state index contributed by atoms with van der Waals surface area (Å²) in [6.07, 6.45) is 2.28. The summed E-state index contributed by atoms with van der Waals surface area (Å²) in [5.41, 5.74) is -3.26. The van der Waals surface area contributed by atoms with Crippen LogP contribution < -0.4 is 0 Å². The van der Waals surface area contributed by atoms with E-state index >= 15 is 0 Å². The van der Waals surface area contributed by atoms with Crippen LogP contribution in [0.3, 0.4) is 0 Å². The lowest BCUT2D eigenvalue weighted by atomic mass is 10.1. The first-order valence-corrected chi connectivity index (χ1v) is 7.28. The zero-order valence-corrected chi connectivity index (χ0v) is 12.5. The Balaban J connectivity index is 0.00000180. The smallest absolute Gasteiger partial charge is 0.147 e. The molecule has 2 rings (SSSR count). The zero-order valence-electron chi connectivity index (χ0n) is 10.9. The third-order valence-corrected chi connectivity index (χ3v) is 5.08. The molecular formula is C14H17ClF3S+. The molecule has 1 heterocycles. The Labute approximate surface area is 120 Å². The summed E-state index contributed by atoms with van der Waals surface area (Å²) in [5, 5.41) is 0.743. The maximum Gasteiger partial charge on any atom is 0.600 e. The van der Waals surface area contributed by atoms with Crippen LogP contribution in [0.2, 0.25) is 0 Å². The molecule has 1 aromatic carbocycles. The quantitative estimate of drug-likeness (QED) is 0.597. The standard InChI is InChI=1S/C14H16F3S.ClH/c1-3-4-5-12-9-11-7-6-10(2)8-13(11)18(12)14(15,16)17;/h6-9H,3-5H2,1-2H3;1H/q+1;. The lowest BCUT2D eigenvalue weighted by Crippen LogP contribution is -1.98. The molecule has 1 unspecified atom stereocenters. The van der Waals surface area contributed by atoms with Crippen molar-refractivity contribution in [1.82, 2.24) is 0 Å². The normalized spacial score (nSPS) is 12.6. The van der Waals surface area contributed by atoms with Crippen LogP contribution in [0.25, 0.3) is 10.1 Å². The van der Waals surface area contributed by atoms with Crippen molar-refractivity contribution >= 4 is 33.0 Å². The molecule has 0 nitrogen and oxygen atoms in total. The average Bonchev–Trinajstić information content (AvgIpc) is 2.63. The Morgan fingerprint density at radius 2 is 1.84 bits per heavy atom. The Morgan fingerprint density at radius 3 is 2.42 bits per heavy atom. The van der Waals surface area contributed by atoms with Gasteiger partial charge in [-0.25, -0.2) is 0 Å². The van der Waals surface area contributed by atoms with Crippen LogP contribution in [0.15, 0.2) is 24.3 Å². The number of thiophene rings is 1. The topological polar surface area (TPSA) is 0 Å². The van der Waals surface area contributed by atoms with Crippen molar-refractivity contribution in [1.29, 1.82) is 0 Å². The highest BCUT2D eigenvalue weighted by Crippen LogP contribution is 2.51. The number of rotatable bonds is 3. The molecule has 0 aliphatic heterocycles. The first-order chi connectivity index (χ1) is 8.43. The first-order valence-electron chi connectivity index (χ1n) is 6.06. The summed E-state index contributed by atoms with van der Waals surface area (Å²) < 4.78 is 40.1. The van der Waals surface area contributed by atoms with Gasteiger partial charge >= 0.3 is 5.51 Å². The second kappa shape index (κ2) is 6.14. The number of fused-ring (bicyclic) bond motifs is 1. The SMILES string of the molecule is CCCCc1cc2ccc(C)cc2[s+]1C(F)(F)F.Cl. The van der Waals surface area contributed by atoms with Gasteiger partial charge in [0.25, 0.3) is 0 Å². The molecular weight excluding hydrogens is 293 g/mol. The number of hydrogen-bond acceptors (Lipinski definition) is 0. The van der Waals surface area contributed by atoms with Crippen LogP contribution in [0.4, 0.5) is 13.2 Å². The van der Waals surface area contributed by atoms with Crippen LogP contribution >= 0.6 is 22.9 Å². The van der Waals surface area contributed by atoms with Gasteiger partial charge in [0.15, 0.2) is 9.58 Å². The van der Waals surface area contributed by atoms with Crippen LogP contribution in [0, 0.1) is 6.92 Å². The zero-order chi connectivity index (χ0) is 13.3. The number of alkyl halides is 3. The predicted octanol–water partition coefficient (Wildman–Crippen LogP) is 6.14. The number of unbranched alkanes of at least 4 members (excludes halogenated alkanes) is 1. The van der Waals surface area contributed by atoms with E-state index in [9.17, 15) is 13.2 Å². The second-order valence-corrected chi connectivity index (χ2v) is 6.55. The monoisotopic (exact) mass is 309 g/mol. The minimum Gasteiger partial charge on any atom is -0.147 e. The molecule has 1 aromatic heterocycles. The van der Waals surface area contributed by atoms with Crippen molar-refractivity contribution in [3.8, 4) is 0 Å². The van der Waals surface area contributed by atoms with E-state index in [4.69, 9.17) is 0 Å². The Morgan fingerprint density at radius 1 is 1.16 bits per heavy atom. The highest BCUT2D eigenvalue weighted by atomic mass is 35.5. The van der Waals surface area contributed by atoms with Crippen LogP contribution in [-0.2, 0) is 11.9 Å². The minimum absolute atomic E-state index is 0. The van der Waals surface area contributed by atoms with Gasteiger partial charge in [0, 0.05) is 23.9 Å². The summed E-state index contributed by atoms with van der Waals surface area (Å²) >= 11 is 0. The molecule has 0 aliphatic carbocycles. The maximum atomic E-state index is 13.2. The molecule has 106 valence electrons. The third-order valence-electron chi connectivity index (χ3n) is 2.98. The van der Waals surface area contributed by atoms with E-state index in [2.05, 4.69) is 0 Å². The highest BCUT2D eigenvalue weighted by Gasteiger charge is 2.47. The van der Waals surface area contributed by atoms with Gasteiger partial charge in [0.05, 0.1) is 10.5 Å². The van der Waals surface area contributed by atoms with E-state index in [0.717, 1.165) is 23.8 Å². The number of halogens is 4. The lowest BCUT2D eigenvalue weighted by molar-refractivity contribution is -0.0867. The molecule has 0 saturated carbocycles. The molecule has 19 heavy (non-hydrogen) atoms. The fourth-order valence-electron chi connectivity index (χ4n) is 2.11. The van der Waals surface area contributed by atoms with Crippen molar-refractivity contribution in [2.75, 3.05) is 0 Å². The van der Waals surface area contributed by atoms with Crippen molar-refractivity contribution < 1.29 is 13.2 Å². The van der Waals surface area contributed by atoms with Crippen molar-refractivity contribution in [2.24, 2.45) is 0 Å². The van der Waals surface area contributed by atoms with Gasteiger partial charge in [-0.1, -0.05) is 19.4 Å². The van der Waals surface area contributed by atoms with Crippen molar-refractivity contribution in [3.05, 3.63) is 34.7 Å². The molecule has 0 spiro atoms. The molecule has 0 bridgehead atoms. The van der Waals surface area contributed by atoms with Gasteiger partial charge in [-0.15, -0.1) is 25.6 Å². The summed E-state index contributed by atoms with van der Waals surface area (Å²) in [6.45, 7) is 3.83. The van der Waals surface area contributed by atoms with E-state index < -0.39 is 16.0 Å². The van der Waals surface area contributed by atoms with E-state index in [1.54, 1.807) is 18.2 Å². The van der Waals surface area contributed by atoms with Crippen molar-refractivity contribution in [2.45, 2.75) is 38.6 Å². The average molecular weight is 310 g/mol. The van der Waals surface area contributed by atoms with Crippen LogP contribution in [0.5, 0.6) is 0 Å². The Kier molecular flexibility index (Phi) is 5.27. The molecule has 0 radical (unpaired) electrons. The van der Waals surface area contributed by atoms with Gasteiger partial charge < -0.3 is 0 Å². The predicted molar refractivity (Wildman–Crippen MR) is 78.3 cm³/mol. The van der Waals surface area contributed by atoms with Gasteiger partial charge in [-0.05, 0) is 25.0 Å². The van der Waals surface area contributed by atoms with E-state index in [1.807, 2.05) is 19.9 Å². The molecule has 1 atom stereocenters. The molecule has 0 saturated heterocycles. The fraction of sp³-hybridized carbons (Fsp3) is 0.429. The Hall–Kier alpha value is -0.740. The molecule has 0 aliphatic rings. The molecule has 2 aromatic rings. The third kappa shape index (κ3) is 3.42. The molecule has 0 amide bonds.